The van der Waals surface area contributed by atoms with Gasteiger partial charge in [0.1, 0.15) is 31.0 Å². The van der Waals surface area contributed by atoms with Crippen LogP contribution in [0.1, 0.15) is 27.7 Å². The second-order valence-corrected chi connectivity index (χ2v) is 7.07. The summed E-state index contributed by atoms with van der Waals surface area (Å²) in [4.78, 5) is 24.9. The molecule has 0 amide bonds. The number of carbonyl (C=O) groups excluding carboxylic acids is 2. The predicted molar refractivity (Wildman–Crippen MR) is 107 cm³/mol. The highest BCUT2D eigenvalue weighted by atomic mass is 16.5. The van der Waals surface area contributed by atoms with Crippen LogP contribution in [0.15, 0.2) is 42.0 Å². The highest BCUT2D eigenvalue weighted by molar-refractivity contribution is 5.86. The number of ether oxygens (including phenoxy) is 1. The number of Topliss-reactive ketones (excluding diaryl/α,β-unsaturated/α-hetero) is 1. The van der Waals surface area contributed by atoms with Crippen LogP contribution in [0.5, 0.6) is 0 Å². The molecule has 0 aliphatic carbocycles. The number of rotatable bonds is 12. The summed E-state index contributed by atoms with van der Waals surface area (Å²) >= 11 is 0. The fourth-order valence-corrected chi connectivity index (χ4v) is 2.62. The van der Waals surface area contributed by atoms with Gasteiger partial charge in [-0.3, -0.25) is 14.9 Å². The molecular formula is C21H31NO7. The third-order valence-corrected chi connectivity index (χ3v) is 4.20. The van der Waals surface area contributed by atoms with E-state index in [2.05, 4.69) is 5.32 Å². The maximum atomic E-state index is 12.7. The largest absolute Gasteiger partial charge is 0.460 e. The first-order valence-electron chi connectivity index (χ1n) is 9.88. The highest BCUT2D eigenvalue weighted by Crippen LogP contribution is 2.12. The number of hydrogen-bond donors (Lipinski definition) is 5. The van der Waals surface area contributed by atoms with Gasteiger partial charge in [-0.2, -0.15) is 0 Å². The van der Waals surface area contributed by atoms with Gasteiger partial charge in [-0.1, -0.05) is 48.9 Å². The summed E-state index contributed by atoms with van der Waals surface area (Å²) in [6.07, 6.45) is -4.04. The number of aliphatic hydroxyl groups excluding tert-OH is 4. The molecule has 0 bridgehead atoms. The molecule has 0 fully saturated rings. The molecular weight excluding hydrogens is 378 g/mol. The Labute approximate surface area is 172 Å². The molecule has 29 heavy (non-hydrogen) atoms. The van der Waals surface area contributed by atoms with Crippen LogP contribution in [0.25, 0.3) is 0 Å². The maximum absolute atomic E-state index is 12.7. The zero-order chi connectivity index (χ0) is 22.8. The van der Waals surface area contributed by atoms with Gasteiger partial charge in [0, 0.05) is 5.92 Å². The van der Waals surface area contributed by atoms with Gasteiger partial charge in [0.25, 0.3) is 0 Å². The van der Waals surface area contributed by atoms with Crippen molar-refractivity contribution < 1.29 is 36.1 Å². The van der Waals surface area contributed by atoms with Crippen molar-refractivity contribution in [2.24, 2.45) is 5.92 Å². The van der Waals surface area contributed by atoms with Crippen LogP contribution in [0, 0.1) is 5.92 Å². The first-order chi connectivity index (χ1) is 14.1. The molecule has 0 saturated carbocycles. The number of nitrogens with one attached hydrogen (secondary N) is 1. The number of hydrogen-bond acceptors (Lipinski definition) is 8. The van der Waals surface area contributed by atoms with Gasteiger partial charge in [-0.15, -0.1) is 0 Å². The lowest BCUT2D eigenvalue weighted by Crippen LogP contribution is -2.50. The molecule has 0 saturated heterocycles. The Morgan fingerprint density at radius 3 is 2.38 bits per heavy atom. The monoisotopic (exact) mass is 410 g/mol. The average molecular weight is 410 g/mol. The van der Waals surface area contributed by atoms with E-state index in [9.17, 15) is 24.9 Å². The van der Waals surface area contributed by atoms with Crippen LogP contribution in [0.3, 0.4) is 0 Å². The van der Waals surface area contributed by atoms with Gasteiger partial charge in [0.2, 0.25) is 0 Å². The summed E-state index contributed by atoms with van der Waals surface area (Å²) in [5.74, 6) is -2.27. The van der Waals surface area contributed by atoms with E-state index in [0.717, 1.165) is 11.1 Å². The molecule has 0 spiro atoms. The van der Waals surface area contributed by atoms with Crippen molar-refractivity contribution in [2.45, 2.75) is 51.7 Å². The number of esters is 1. The Kier molecular flexibility index (Phi) is 9.96. The van der Waals surface area contributed by atoms with Crippen LogP contribution in [-0.4, -0.2) is 69.7 Å². The van der Waals surface area contributed by atoms with E-state index in [1.807, 2.05) is 19.9 Å². The molecule has 2 unspecified atom stereocenters. The van der Waals surface area contributed by atoms with Crippen LogP contribution < -0.4 is 5.32 Å². The molecule has 1 rings (SSSR count). The standard InChI is InChI=1S/C21H31NO7/c1-13(2)9-14(3)18(21(28)29-12-15-7-5-4-6-8-15)22-10-16(24)19(26)20(27)17(25)11-23/h4-9,14,17-20,22-23,25-27H,10-12H2,1-3H3/t14?,17-,18+,19-,20-/m1/s1/i10D/t10?,14?,17-,18+,19-,20-. The van der Waals surface area contributed by atoms with Crippen LogP contribution in [0.2, 0.25) is 0 Å². The summed E-state index contributed by atoms with van der Waals surface area (Å²) in [5.41, 5.74) is 1.69. The fraction of sp³-hybridized carbons (Fsp3) is 0.524. The quantitative estimate of drug-likeness (QED) is 0.239. The molecule has 0 aliphatic rings. The lowest BCUT2D eigenvalue weighted by atomic mass is 9.98. The van der Waals surface area contributed by atoms with E-state index in [1.54, 1.807) is 37.3 Å². The smallest absolute Gasteiger partial charge is 0.324 e. The Morgan fingerprint density at radius 1 is 1.21 bits per heavy atom. The number of aliphatic hydroxyl groups is 4. The number of benzene rings is 1. The molecule has 8 nitrogen and oxygen atoms in total. The summed E-state index contributed by atoms with van der Waals surface area (Å²) in [5, 5.41) is 40.3. The average Bonchev–Trinajstić information content (AvgIpc) is 2.73. The number of carbonyl (C=O) groups is 2. The zero-order valence-corrected chi connectivity index (χ0v) is 16.9. The van der Waals surface area contributed by atoms with Crippen molar-refractivity contribution in [1.82, 2.24) is 5.32 Å². The van der Waals surface area contributed by atoms with E-state index < -0.39 is 55.2 Å². The third kappa shape index (κ3) is 8.43. The molecule has 5 N–H and O–H groups in total. The number of allylic oxidation sites excluding steroid dienone is 1. The highest BCUT2D eigenvalue weighted by Gasteiger charge is 2.31. The molecule has 0 aromatic heterocycles. The number of ketones is 1. The normalized spacial score (nSPS) is 17.8. The van der Waals surface area contributed by atoms with Gasteiger partial charge in [-0.25, -0.2) is 0 Å². The van der Waals surface area contributed by atoms with Gasteiger partial charge >= 0.3 is 5.97 Å². The van der Waals surface area contributed by atoms with Gasteiger partial charge in [0.15, 0.2) is 5.78 Å². The fourth-order valence-electron chi connectivity index (χ4n) is 2.62. The minimum absolute atomic E-state index is 0.0139. The minimum atomic E-state index is -2.11. The van der Waals surface area contributed by atoms with Crippen molar-refractivity contribution in [3.8, 4) is 0 Å². The lowest BCUT2D eigenvalue weighted by Gasteiger charge is -2.24. The lowest BCUT2D eigenvalue weighted by molar-refractivity contribution is -0.149. The first-order valence-corrected chi connectivity index (χ1v) is 9.31. The second-order valence-electron chi connectivity index (χ2n) is 7.07. The van der Waals surface area contributed by atoms with E-state index in [-0.39, 0.29) is 6.61 Å². The summed E-state index contributed by atoms with van der Waals surface area (Å²) in [6, 6.07) is 7.94. The first kappa shape index (κ1) is 23.2. The molecule has 0 heterocycles. The summed E-state index contributed by atoms with van der Waals surface area (Å²) in [7, 11) is 0. The van der Waals surface area contributed by atoms with Crippen molar-refractivity contribution in [3.63, 3.8) is 0 Å². The Bertz CT molecular complexity index is 709. The van der Waals surface area contributed by atoms with Crippen molar-refractivity contribution >= 4 is 11.8 Å². The Morgan fingerprint density at radius 2 is 1.83 bits per heavy atom. The SMILES string of the molecule is [2H]C(N[C@H](C(=O)OCc1ccccc1)C(C)C=C(C)C)C(=O)[C@@H](O)[C@H](O)[C@H](O)CO. The molecule has 0 aliphatic heterocycles. The summed E-state index contributed by atoms with van der Waals surface area (Å²) < 4.78 is 13.3. The topological polar surface area (TPSA) is 136 Å². The van der Waals surface area contributed by atoms with Crippen LogP contribution >= 0.6 is 0 Å². The molecule has 1 aromatic carbocycles. The van der Waals surface area contributed by atoms with Crippen LogP contribution in [-0.2, 0) is 20.9 Å². The molecule has 0 radical (unpaired) electrons. The second kappa shape index (κ2) is 12.5. The van der Waals surface area contributed by atoms with Crippen molar-refractivity contribution in [1.29, 1.82) is 0 Å². The van der Waals surface area contributed by atoms with Gasteiger partial charge in [-0.05, 0) is 19.4 Å². The molecule has 162 valence electrons. The Hall–Kier alpha value is -2.10. The van der Waals surface area contributed by atoms with Gasteiger partial charge in [0.05, 0.1) is 14.5 Å². The molecule has 8 heteroatoms. The zero-order valence-electron chi connectivity index (χ0n) is 17.9. The van der Waals surface area contributed by atoms with E-state index in [1.165, 1.54) is 0 Å². The van der Waals surface area contributed by atoms with E-state index >= 15 is 0 Å². The molecule has 1 aromatic rings. The van der Waals surface area contributed by atoms with Gasteiger partial charge < -0.3 is 25.2 Å². The van der Waals surface area contributed by atoms with Crippen molar-refractivity contribution in [3.05, 3.63) is 47.5 Å². The third-order valence-electron chi connectivity index (χ3n) is 4.20. The van der Waals surface area contributed by atoms with E-state index in [0.29, 0.717) is 0 Å². The van der Waals surface area contributed by atoms with Crippen LogP contribution in [0.4, 0.5) is 0 Å². The minimum Gasteiger partial charge on any atom is -0.460 e. The molecule has 6 atom stereocenters. The van der Waals surface area contributed by atoms with Crippen molar-refractivity contribution in [2.75, 3.05) is 13.1 Å². The summed E-state index contributed by atoms with van der Waals surface area (Å²) in [6.45, 7) is 2.76. The Balaban J connectivity index is 2.90. The van der Waals surface area contributed by atoms with E-state index in [4.69, 9.17) is 11.2 Å². The predicted octanol–water partition coefficient (Wildman–Crippen LogP) is -0.0656. The maximum Gasteiger partial charge on any atom is 0.324 e.